The molecule has 1 nitrogen and oxygen atoms in total. The van der Waals surface area contributed by atoms with Crippen molar-refractivity contribution >= 4 is 10.8 Å². The molecule has 2 aromatic rings. The monoisotopic (exact) mass is 265 g/mol. The number of benzene rings is 2. The number of hydrogen-bond donors (Lipinski definition) is 1. The minimum Gasteiger partial charge on any atom is -0.316 e. The SMILES string of the molecule is Cc1c2c(cc3ccccc13)C1(C)CCCNCC21C. The lowest BCUT2D eigenvalue weighted by Gasteiger charge is -2.58. The molecule has 2 atom stereocenters. The Balaban J connectivity index is 2.04. The molecular formula is C19H23N. The van der Waals surface area contributed by atoms with Crippen LogP contribution in [-0.4, -0.2) is 13.1 Å². The molecular weight excluding hydrogens is 242 g/mol. The van der Waals surface area contributed by atoms with Gasteiger partial charge in [-0.15, -0.1) is 0 Å². The topological polar surface area (TPSA) is 12.0 Å². The van der Waals surface area contributed by atoms with Crippen LogP contribution in [0.2, 0.25) is 0 Å². The summed E-state index contributed by atoms with van der Waals surface area (Å²) in [6.45, 7) is 9.55. The third-order valence-corrected chi connectivity index (χ3v) is 6.18. The first kappa shape index (κ1) is 12.4. The molecule has 1 aliphatic carbocycles. The van der Waals surface area contributed by atoms with E-state index in [1.807, 2.05) is 0 Å². The van der Waals surface area contributed by atoms with Gasteiger partial charge >= 0.3 is 0 Å². The fourth-order valence-corrected chi connectivity index (χ4v) is 4.78. The average molecular weight is 265 g/mol. The van der Waals surface area contributed by atoms with E-state index in [1.54, 1.807) is 11.1 Å². The Bertz CT molecular complexity index is 702. The minimum atomic E-state index is 0.299. The van der Waals surface area contributed by atoms with Gasteiger partial charge in [-0.25, -0.2) is 0 Å². The van der Waals surface area contributed by atoms with Crippen molar-refractivity contribution in [2.24, 2.45) is 0 Å². The van der Waals surface area contributed by atoms with Crippen LogP contribution in [0.25, 0.3) is 10.8 Å². The summed E-state index contributed by atoms with van der Waals surface area (Å²) in [6.07, 6.45) is 2.60. The Morgan fingerprint density at radius 2 is 1.90 bits per heavy atom. The Morgan fingerprint density at radius 3 is 2.75 bits per heavy atom. The van der Waals surface area contributed by atoms with E-state index in [-0.39, 0.29) is 0 Å². The molecule has 1 fully saturated rings. The van der Waals surface area contributed by atoms with Gasteiger partial charge < -0.3 is 5.32 Å². The molecule has 0 radical (unpaired) electrons. The summed E-state index contributed by atoms with van der Waals surface area (Å²) in [5, 5.41) is 6.50. The van der Waals surface area contributed by atoms with Gasteiger partial charge in [0, 0.05) is 17.4 Å². The smallest absolute Gasteiger partial charge is 0.0149 e. The van der Waals surface area contributed by atoms with E-state index in [0.717, 1.165) is 13.1 Å². The van der Waals surface area contributed by atoms with Crippen LogP contribution in [0.4, 0.5) is 0 Å². The van der Waals surface area contributed by atoms with Gasteiger partial charge in [0.1, 0.15) is 0 Å². The van der Waals surface area contributed by atoms with Crippen LogP contribution in [0, 0.1) is 6.92 Å². The summed E-state index contributed by atoms with van der Waals surface area (Å²) >= 11 is 0. The molecule has 1 N–H and O–H groups in total. The summed E-state index contributed by atoms with van der Waals surface area (Å²) in [7, 11) is 0. The molecule has 0 spiro atoms. The van der Waals surface area contributed by atoms with E-state index in [2.05, 4.69) is 56.4 Å². The third-order valence-electron chi connectivity index (χ3n) is 6.18. The summed E-state index contributed by atoms with van der Waals surface area (Å²) in [6, 6.07) is 11.3. The predicted octanol–water partition coefficient (Wildman–Crippen LogP) is 4.06. The van der Waals surface area contributed by atoms with E-state index in [1.165, 1.54) is 29.2 Å². The molecule has 1 heteroatoms. The van der Waals surface area contributed by atoms with Gasteiger partial charge in [-0.05, 0) is 53.8 Å². The maximum Gasteiger partial charge on any atom is 0.0149 e. The van der Waals surface area contributed by atoms with Gasteiger partial charge in [0.2, 0.25) is 0 Å². The van der Waals surface area contributed by atoms with Crippen LogP contribution < -0.4 is 5.32 Å². The highest BCUT2D eigenvalue weighted by Crippen LogP contribution is 2.60. The lowest BCUT2D eigenvalue weighted by Crippen LogP contribution is -2.58. The standard InChI is InChI=1S/C19H23N/c1-13-15-8-5-4-7-14(15)11-16-17(13)19(3)12-20-10-6-9-18(16,19)2/h4-5,7-8,11,20H,6,9-10,12H2,1-3H3. The van der Waals surface area contributed by atoms with E-state index in [0.29, 0.717) is 10.8 Å². The zero-order chi connectivity index (χ0) is 14.0. The minimum absolute atomic E-state index is 0.299. The van der Waals surface area contributed by atoms with Crippen LogP contribution in [0.1, 0.15) is 43.4 Å². The maximum absolute atomic E-state index is 3.66. The van der Waals surface area contributed by atoms with Gasteiger partial charge in [-0.3, -0.25) is 0 Å². The summed E-state index contributed by atoms with van der Waals surface area (Å²) in [4.78, 5) is 0. The molecule has 2 unspecified atom stereocenters. The largest absolute Gasteiger partial charge is 0.316 e. The Kier molecular flexibility index (Phi) is 2.39. The van der Waals surface area contributed by atoms with E-state index in [9.17, 15) is 0 Å². The van der Waals surface area contributed by atoms with Crippen LogP contribution in [0.5, 0.6) is 0 Å². The second-order valence-corrected chi connectivity index (χ2v) is 7.09. The van der Waals surface area contributed by atoms with Crippen molar-refractivity contribution in [3.05, 3.63) is 47.0 Å². The molecule has 2 aromatic carbocycles. The molecule has 4 rings (SSSR count). The summed E-state index contributed by atoms with van der Waals surface area (Å²) < 4.78 is 0. The molecule has 1 saturated heterocycles. The fraction of sp³-hybridized carbons (Fsp3) is 0.474. The molecule has 1 heterocycles. The second kappa shape index (κ2) is 3.85. The number of hydrogen-bond acceptors (Lipinski definition) is 1. The van der Waals surface area contributed by atoms with Crippen LogP contribution in [-0.2, 0) is 10.8 Å². The zero-order valence-electron chi connectivity index (χ0n) is 12.7. The molecule has 20 heavy (non-hydrogen) atoms. The Labute approximate surface area is 121 Å². The first-order valence-electron chi connectivity index (χ1n) is 7.82. The van der Waals surface area contributed by atoms with Crippen molar-refractivity contribution < 1.29 is 0 Å². The van der Waals surface area contributed by atoms with E-state index in [4.69, 9.17) is 0 Å². The highest BCUT2D eigenvalue weighted by molar-refractivity contribution is 5.90. The lowest BCUT2D eigenvalue weighted by molar-refractivity contribution is 0.193. The quantitative estimate of drug-likeness (QED) is 0.757. The molecule has 0 saturated carbocycles. The first-order valence-corrected chi connectivity index (χ1v) is 7.82. The number of fused-ring (bicyclic) bond motifs is 5. The van der Waals surface area contributed by atoms with Crippen LogP contribution >= 0.6 is 0 Å². The third kappa shape index (κ3) is 1.27. The molecule has 0 amide bonds. The van der Waals surface area contributed by atoms with Crippen molar-refractivity contribution in [1.29, 1.82) is 0 Å². The van der Waals surface area contributed by atoms with Crippen molar-refractivity contribution in [2.45, 2.75) is 44.4 Å². The van der Waals surface area contributed by atoms with Crippen LogP contribution in [0.3, 0.4) is 0 Å². The highest BCUT2D eigenvalue weighted by Gasteiger charge is 2.57. The van der Waals surface area contributed by atoms with Crippen LogP contribution in [0.15, 0.2) is 30.3 Å². The van der Waals surface area contributed by atoms with Gasteiger partial charge in [-0.1, -0.05) is 44.2 Å². The van der Waals surface area contributed by atoms with Crippen molar-refractivity contribution in [3.63, 3.8) is 0 Å². The summed E-state index contributed by atoms with van der Waals surface area (Å²) in [5.74, 6) is 0. The van der Waals surface area contributed by atoms with Crippen molar-refractivity contribution in [1.82, 2.24) is 5.32 Å². The number of rotatable bonds is 0. The maximum atomic E-state index is 3.66. The molecule has 1 aliphatic heterocycles. The Hall–Kier alpha value is -1.34. The molecule has 0 bridgehead atoms. The van der Waals surface area contributed by atoms with Crippen molar-refractivity contribution in [2.75, 3.05) is 13.1 Å². The predicted molar refractivity (Wildman–Crippen MR) is 85.5 cm³/mol. The number of nitrogens with one attached hydrogen (secondary N) is 1. The number of aryl methyl sites for hydroxylation is 1. The lowest BCUT2D eigenvalue weighted by atomic mass is 9.45. The highest BCUT2D eigenvalue weighted by atomic mass is 14.9. The van der Waals surface area contributed by atoms with Gasteiger partial charge in [0.15, 0.2) is 0 Å². The molecule has 104 valence electrons. The summed E-state index contributed by atoms with van der Waals surface area (Å²) in [5.41, 5.74) is 5.38. The Morgan fingerprint density at radius 1 is 1.10 bits per heavy atom. The van der Waals surface area contributed by atoms with Gasteiger partial charge in [-0.2, -0.15) is 0 Å². The molecule has 2 aliphatic rings. The normalized spacial score (nSPS) is 32.1. The average Bonchev–Trinajstić information content (AvgIpc) is 2.57. The van der Waals surface area contributed by atoms with Gasteiger partial charge in [0.05, 0.1) is 0 Å². The van der Waals surface area contributed by atoms with E-state index >= 15 is 0 Å². The van der Waals surface area contributed by atoms with Crippen molar-refractivity contribution in [3.8, 4) is 0 Å². The second-order valence-electron chi connectivity index (χ2n) is 7.09. The fourth-order valence-electron chi connectivity index (χ4n) is 4.78. The zero-order valence-corrected chi connectivity index (χ0v) is 12.7. The molecule has 0 aromatic heterocycles. The first-order chi connectivity index (χ1) is 9.58. The van der Waals surface area contributed by atoms with E-state index < -0.39 is 0 Å². The van der Waals surface area contributed by atoms with Gasteiger partial charge in [0.25, 0.3) is 0 Å².